The zero-order valence-corrected chi connectivity index (χ0v) is 31.3. The van der Waals surface area contributed by atoms with Crippen molar-refractivity contribution in [2.75, 3.05) is 13.2 Å². The molecule has 0 aromatic heterocycles. The molecule has 2 N–H and O–H groups in total. The molecule has 0 radical (unpaired) electrons. The van der Waals surface area contributed by atoms with Crippen LogP contribution in [0.5, 0.6) is 0 Å². The molecule has 0 aliphatic carbocycles. The standard InChI is InChI=1S/C42H74O6/c1-4-5-6-7-8-14-18-22-27-32-39(43)33-28-23-20-25-30-35-42(46)48-37-40(44)36-47-41(45)34-29-24-19-16-13-11-9-10-12-15-17-21-26-31-38(2)3/h8,14,20,22-23,27-28,33,38-40,43-44H,4-7,9-13,15-19,21,24-26,29-32,34-37H2,1-3H3/b14-8-,23-20+,27-22-,33-28-/t39?,40-/m0/s1. The topological polar surface area (TPSA) is 93.1 Å². The Morgan fingerprint density at radius 1 is 0.583 bits per heavy atom. The fourth-order valence-corrected chi connectivity index (χ4v) is 5.28. The molecule has 0 saturated heterocycles. The number of carbonyl (C=O) groups is 2. The predicted octanol–water partition coefficient (Wildman–Crippen LogP) is 11.1. The van der Waals surface area contributed by atoms with Crippen LogP contribution in [0.1, 0.15) is 175 Å². The van der Waals surface area contributed by atoms with E-state index in [4.69, 9.17) is 9.47 Å². The van der Waals surface area contributed by atoms with E-state index in [2.05, 4.69) is 39.0 Å². The van der Waals surface area contributed by atoms with Gasteiger partial charge < -0.3 is 19.7 Å². The Hall–Kier alpha value is -2.18. The molecule has 278 valence electrons. The third kappa shape index (κ3) is 36.7. The van der Waals surface area contributed by atoms with Gasteiger partial charge in [-0.3, -0.25) is 9.59 Å². The average molecular weight is 675 g/mol. The van der Waals surface area contributed by atoms with Gasteiger partial charge in [0.05, 0.1) is 6.10 Å². The minimum Gasteiger partial charge on any atom is -0.463 e. The van der Waals surface area contributed by atoms with Crippen molar-refractivity contribution in [1.82, 2.24) is 0 Å². The summed E-state index contributed by atoms with van der Waals surface area (Å²) in [4.78, 5) is 23.9. The third-order valence-corrected chi connectivity index (χ3v) is 8.33. The Morgan fingerprint density at radius 2 is 1.10 bits per heavy atom. The molecular formula is C42H74O6. The summed E-state index contributed by atoms with van der Waals surface area (Å²) in [5.74, 6) is 0.149. The molecule has 1 unspecified atom stereocenters. The van der Waals surface area contributed by atoms with Crippen molar-refractivity contribution in [3.63, 3.8) is 0 Å². The lowest BCUT2D eigenvalue weighted by Crippen LogP contribution is -2.25. The van der Waals surface area contributed by atoms with Gasteiger partial charge in [-0.15, -0.1) is 0 Å². The van der Waals surface area contributed by atoms with E-state index in [0.717, 1.165) is 38.0 Å². The number of allylic oxidation sites excluding steroid dienone is 6. The molecule has 0 amide bonds. The lowest BCUT2D eigenvalue weighted by atomic mass is 10.0. The number of esters is 2. The molecule has 2 atom stereocenters. The third-order valence-electron chi connectivity index (χ3n) is 8.33. The molecule has 48 heavy (non-hydrogen) atoms. The van der Waals surface area contributed by atoms with Crippen LogP contribution in [0.3, 0.4) is 0 Å². The maximum Gasteiger partial charge on any atom is 0.305 e. The fourth-order valence-electron chi connectivity index (χ4n) is 5.28. The van der Waals surface area contributed by atoms with Crippen LogP contribution in [-0.2, 0) is 19.1 Å². The quantitative estimate of drug-likeness (QED) is 0.0305. The molecule has 0 aliphatic rings. The van der Waals surface area contributed by atoms with E-state index in [1.807, 2.05) is 24.3 Å². The number of carbonyl (C=O) groups excluding carboxylic acids is 2. The minimum absolute atomic E-state index is 0.156. The summed E-state index contributed by atoms with van der Waals surface area (Å²) in [7, 11) is 0. The van der Waals surface area contributed by atoms with E-state index in [1.54, 1.807) is 6.08 Å². The predicted molar refractivity (Wildman–Crippen MR) is 202 cm³/mol. The SMILES string of the molecule is CCCCC/C=C\C/C=C\CC(O)/C=C\C=C\CCCC(=O)OC[C@@H](O)COC(=O)CCCCCCCCCCCCCCCC(C)C. The lowest BCUT2D eigenvalue weighted by Gasteiger charge is -2.12. The van der Waals surface area contributed by atoms with Gasteiger partial charge in [-0.2, -0.15) is 0 Å². The normalized spacial score (nSPS) is 13.5. The highest BCUT2D eigenvalue weighted by molar-refractivity contribution is 5.69. The van der Waals surface area contributed by atoms with Crippen molar-refractivity contribution < 1.29 is 29.3 Å². The Kier molecular flexibility index (Phi) is 34.5. The van der Waals surface area contributed by atoms with Gasteiger partial charge in [0.2, 0.25) is 0 Å². The van der Waals surface area contributed by atoms with Gasteiger partial charge in [0, 0.05) is 12.8 Å². The Labute approximate surface area is 295 Å². The van der Waals surface area contributed by atoms with Crippen LogP contribution < -0.4 is 0 Å². The number of hydrogen-bond acceptors (Lipinski definition) is 6. The van der Waals surface area contributed by atoms with Gasteiger partial charge in [0.15, 0.2) is 0 Å². The second-order valence-corrected chi connectivity index (χ2v) is 13.7. The highest BCUT2D eigenvalue weighted by Crippen LogP contribution is 2.15. The number of rotatable bonds is 34. The summed E-state index contributed by atoms with van der Waals surface area (Å²) in [5, 5.41) is 20.0. The van der Waals surface area contributed by atoms with Crippen molar-refractivity contribution in [2.24, 2.45) is 5.92 Å². The van der Waals surface area contributed by atoms with Gasteiger partial charge in [0.25, 0.3) is 0 Å². The molecule has 0 fully saturated rings. The van der Waals surface area contributed by atoms with Crippen LogP contribution in [0.2, 0.25) is 0 Å². The summed E-state index contributed by atoms with van der Waals surface area (Å²) < 4.78 is 10.3. The second-order valence-electron chi connectivity index (χ2n) is 13.7. The first-order chi connectivity index (χ1) is 23.3. The van der Waals surface area contributed by atoms with E-state index in [1.165, 1.54) is 89.9 Å². The largest absolute Gasteiger partial charge is 0.463 e. The molecule has 0 heterocycles. The molecule has 0 bridgehead atoms. The summed E-state index contributed by atoms with van der Waals surface area (Å²) >= 11 is 0. The van der Waals surface area contributed by atoms with Crippen molar-refractivity contribution in [3.05, 3.63) is 48.6 Å². The van der Waals surface area contributed by atoms with E-state index in [0.29, 0.717) is 25.7 Å². The van der Waals surface area contributed by atoms with E-state index < -0.39 is 12.2 Å². The van der Waals surface area contributed by atoms with Gasteiger partial charge in [0.1, 0.15) is 19.3 Å². The molecule has 6 heteroatoms. The number of ether oxygens (including phenoxy) is 2. The highest BCUT2D eigenvalue weighted by atomic mass is 16.6. The van der Waals surface area contributed by atoms with E-state index >= 15 is 0 Å². The number of hydrogen-bond donors (Lipinski definition) is 2. The van der Waals surface area contributed by atoms with Crippen LogP contribution in [-0.4, -0.2) is 47.6 Å². The molecule has 0 aromatic rings. The van der Waals surface area contributed by atoms with E-state index in [9.17, 15) is 19.8 Å². The molecular weight excluding hydrogens is 600 g/mol. The molecule has 0 saturated carbocycles. The Balaban J connectivity index is 3.61. The molecule has 0 aromatic carbocycles. The van der Waals surface area contributed by atoms with Gasteiger partial charge in [-0.1, -0.05) is 166 Å². The van der Waals surface area contributed by atoms with Crippen LogP contribution >= 0.6 is 0 Å². The van der Waals surface area contributed by atoms with Crippen LogP contribution in [0.4, 0.5) is 0 Å². The van der Waals surface area contributed by atoms with Gasteiger partial charge in [-0.25, -0.2) is 0 Å². The van der Waals surface area contributed by atoms with Crippen LogP contribution in [0.25, 0.3) is 0 Å². The zero-order valence-electron chi connectivity index (χ0n) is 31.3. The summed E-state index contributed by atoms with van der Waals surface area (Å²) in [5.41, 5.74) is 0. The van der Waals surface area contributed by atoms with Crippen molar-refractivity contribution >= 4 is 11.9 Å². The lowest BCUT2D eigenvalue weighted by molar-refractivity contribution is -0.152. The monoisotopic (exact) mass is 675 g/mol. The second kappa shape index (κ2) is 36.1. The Morgan fingerprint density at radius 3 is 1.69 bits per heavy atom. The smallest absolute Gasteiger partial charge is 0.305 e. The highest BCUT2D eigenvalue weighted by Gasteiger charge is 2.12. The summed E-state index contributed by atoms with van der Waals surface area (Å²) in [6, 6.07) is 0. The Bertz CT molecular complexity index is 843. The first-order valence-electron chi connectivity index (χ1n) is 19.7. The maximum atomic E-state index is 12.0. The summed E-state index contributed by atoms with van der Waals surface area (Å²) in [6.07, 6.45) is 40.5. The molecule has 0 rings (SSSR count). The van der Waals surface area contributed by atoms with Crippen molar-refractivity contribution in [2.45, 2.75) is 187 Å². The van der Waals surface area contributed by atoms with Crippen molar-refractivity contribution in [3.8, 4) is 0 Å². The minimum atomic E-state index is -1.01. The van der Waals surface area contributed by atoms with Gasteiger partial charge in [-0.05, 0) is 50.9 Å². The number of aliphatic hydroxyl groups is 2. The molecule has 0 aliphatic heterocycles. The van der Waals surface area contributed by atoms with Gasteiger partial charge >= 0.3 is 11.9 Å². The van der Waals surface area contributed by atoms with Crippen LogP contribution in [0.15, 0.2) is 48.6 Å². The average Bonchev–Trinajstić information content (AvgIpc) is 3.06. The zero-order chi connectivity index (χ0) is 35.3. The van der Waals surface area contributed by atoms with Crippen molar-refractivity contribution in [1.29, 1.82) is 0 Å². The molecule has 6 nitrogen and oxygen atoms in total. The first-order valence-corrected chi connectivity index (χ1v) is 19.7. The maximum absolute atomic E-state index is 12.0. The summed E-state index contributed by atoms with van der Waals surface area (Å²) in [6.45, 7) is 6.49. The van der Waals surface area contributed by atoms with Crippen LogP contribution in [0, 0.1) is 5.92 Å². The first kappa shape index (κ1) is 45.8. The fraction of sp³-hybridized carbons (Fsp3) is 0.762. The number of unbranched alkanes of at least 4 members (excludes halogenated alkanes) is 16. The number of aliphatic hydroxyl groups excluding tert-OH is 2. The van der Waals surface area contributed by atoms with E-state index in [-0.39, 0.29) is 31.6 Å². The molecule has 0 spiro atoms.